The molecule has 2 amide bonds. The van der Waals surface area contributed by atoms with Crippen LogP contribution in [0.4, 0.5) is 27.7 Å². The molecule has 0 unspecified atom stereocenters. The number of fused-ring (bicyclic) bond motifs is 1. The van der Waals surface area contributed by atoms with Crippen LogP contribution < -0.4 is 16.0 Å². The summed E-state index contributed by atoms with van der Waals surface area (Å²) in [5.74, 6) is 0.680. The van der Waals surface area contributed by atoms with Crippen LogP contribution in [0.25, 0.3) is 10.8 Å². The van der Waals surface area contributed by atoms with Crippen LogP contribution in [-0.4, -0.2) is 16.2 Å². The minimum absolute atomic E-state index is 0.331. The summed E-state index contributed by atoms with van der Waals surface area (Å²) in [4.78, 5) is 12.1. The summed E-state index contributed by atoms with van der Waals surface area (Å²) in [6, 6.07) is 21.8. The van der Waals surface area contributed by atoms with E-state index in [4.69, 9.17) is 11.6 Å². The number of nitrogens with one attached hydrogen (secondary N) is 3. The van der Waals surface area contributed by atoms with E-state index in [0.29, 0.717) is 22.2 Å². The summed E-state index contributed by atoms with van der Waals surface area (Å²) in [5.41, 5.74) is 2.17. The molecule has 0 saturated heterocycles. The minimum Gasteiger partial charge on any atom is -0.338 e. The molecule has 0 fully saturated rings. The fourth-order valence-electron chi connectivity index (χ4n) is 2.72. The number of halogens is 1. The Hall–Kier alpha value is -3.64. The SMILES string of the molecule is O=C(Nc1ccc(Cl)cc1)Nc1ccc(Nc2nncc3ccccc23)cc1. The van der Waals surface area contributed by atoms with Crippen LogP contribution >= 0.6 is 11.6 Å². The summed E-state index contributed by atoms with van der Waals surface area (Å²) in [5, 5.41) is 19.6. The lowest BCUT2D eigenvalue weighted by Crippen LogP contribution is -2.19. The van der Waals surface area contributed by atoms with Gasteiger partial charge in [0.1, 0.15) is 0 Å². The second kappa shape index (κ2) is 7.94. The topological polar surface area (TPSA) is 78.9 Å². The maximum Gasteiger partial charge on any atom is 0.323 e. The number of hydrogen-bond donors (Lipinski definition) is 3. The molecule has 4 aromatic rings. The van der Waals surface area contributed by atoms with E-state index in [9.17, 15) is 4.79 Å². The van der Waals surface area contributed by atoms with Crippen molar-refractivity contribution in [1.29, 1.82) is 0 Å². The molecule has 0 aliphatic carbocycles. The molecule has 1 aromatic heterocycles. The zero-order chi connectivity index (χ0) is 19.3. The van der Waals surface area contributed by atoms with E-state index in [2.05, 4.69) is 26.1 Å². The first-order chi connectivity index (χ1) is 13.7. The molecule has 28 heavy (non-hydrogen) atoms. The molecule has 0 atom stereocenters. The average Bonchev–Trinajstić information content (AvgIpc) is 2.71. The molecule has 0 saturated carbocycles. The Morgan fingerprint density at radius 3 is 2.11 bits per heavy atom. The first-order valence-corrected chi connectivity index (χ1v) is 8.96. The molecule has 1 heterocycles. The smallest absolute Gasteiger partial charge is 0.323 e. The largest absolute Gasteiger partial charge is 0.338 e. The molecule has 0 aliphatic rings. The van der Waals surface area contributed by atoms with E-state index in [-0.39, 0.29) is 6.03 Å². The highest BCUT2D eigenvalue weighted by Gasteiger charge is 2.05. The summed E-state index contributed by atoms with van der Waals surface area (Å²) in [6.45, 7) is 0. The third kappa shape index (κ3) is 4.19. The Kier molecular flexibility index (Phi) is 5.03. The Balaban J connectivity index is 1.42. The zero-order valence-electron chi connectivity index (χ0n) is 14.7. The normalized spacial score (nSPS) is 10.5. The van der Waals surface area contributed by atoms with Gasteiger partial charge in [0.2, 0.25) is 0 Å². The summed E-state index contributed by atoms with van der Waals surface area (Å²) < 4.78 is 0. The quantitative estimate of drug-likeness (QED) is 0.420. The van der Waals surface area contributed by atoms with Gasteiger partial charge in [0.15, 0.2) is 5.82 Å². The molecule has 6 nitrogen and oxygen atoms in total. The van der Waals surface area contributed by atoms with Crippen molar-refractivity contribution in [2.75, 3.05) is 16.0 Å². The maximum atomic E-state index is 12.1. The van der Waals surface area contributed by atoms with Gasteiger partial charge in [-0.25, -0.2) is 4.79 Å². The van der Waals surface area contributed by atoms with E-state index in [1.807, 2.05) is 48.5 Å². The predicted octanol–water partition coefficient (Wildman–Crippen LogP) is 5.67. The fourth-order valence-corrected chi connectivity index (χ4v) is 2.85. The predicted molar refractivity (Wildman–Crippen MR) is 113 cm³/mol. The maximum absolute atomic E-state index is 12.1. The van der Waals surface area contributed by atoms with Crippen molar-refractivity contribution in [3.63, 3.8) is 0 Å². The fraction of sp³-hybridized carbons (Fsp3) is 0. The second-order valence-electron chi connectivity index (χ2n) is 6.07. The molecular weight excluding hydrogens is 374 g/mol. The number of rotatable bonds is 4. The van der Waals surface area contributed by atoms with Crippen LogP contribution in [0.3, 0.4) is 0 Å². The highest BCUT2D eigenvalue weighted by atomic mass is 35.5. The van der Waals surface area contributed by atoms with Gasteiger partial charge in [-0.05, 0) is 48.5 Å². The van der Waals surface area contributed by atoms with Crippen molar-refractivity contribution < 1.29 is 4.79 Å². The molecule has 3 aromatic carbocycles. The molecule has 138 valence electrons. The van der Waals surface area contributed by atoms with Crippen molar-refractivity contribution in [2.24, 2.45) is 0 Å². The van der Waals surface area contributed by atoms with Crippen molar-refractivity contribution in [1.82, 2.24) is 10.2 Å². The lowest BCUT2D eigenvalue weighted by atomic mass is 10.2. The highest BCUT2D eigenvalue weighted by Crippen LogP contribution is 2.24. The van der Waals surface area contributed by atoms with Gasteiger partial charge >= 0.3 is 6.03 Å². The van der Waals surface area contributed by atoms with E-state index in [1.165, 1.54) is 0 Å². The van der Waals surface area contributed by atoms with Gasteiger partial charge < -0.3 is 16.0 Å². The number of amides is 2. The third-order valence-corrected chi connectivity index (χ3v) is 4.33. The number of carbonyl (C=O) groups excluding carboxylic acids is 1. The Morgan fingerprint density at radius 1 is 0.786 bits per heavy atom. The number of urea groups is 1. The van der Waals surface area contributed by atoms with Gasteiger partial charge in [0, 0.05) is 32.9 Å². The second-order valence-corrected chi connectivity index (χ2v) is 6.51. The Labute approximate surface area is 166 Å². The molecular formula is C21H16ClN5O. The van der Waals surface area contributed by atoms with E-state index >= 15 is 0 Å². The lowest BCUT2D eigenvalue weighted by Gasteiger charge is -2.10. The van der Waals surface area contributed by atoms with Crippen molar-refractivity contribution in [2.45, 2.75) is 0 Å². The van der Waals surface area contributed by atoms with Crippen LogP contribution in [0, 0.1) is 0 Å². The Bertz CT molecular complexity index is 1110. The van der Waals surface area contributed by atoms with Crippen LogP contribution in [0.15, 0.2) is 79.0 Å². The van der Waals surface area contributed by atoms with Crippen LogP contribution in [-0.2, 0) is 0 Å². The monoisotopic (exact) mass is 389 g/mol. The van der Waals surface area contributed by atoms with Crippen LogP contribution in [0.1, 0.15) is 0 Å². The first-order valence-electron chi connectivity index (χ1n) is 8.58. The number of anilines is 4. The lowest BCUT2D eigenvalue weighted by molar-refractivity contribution is 0.262. The standard InChI is InChI=1S/C21H16ClN5O/c22-15-5-7-17(8-6-15)25-21(28)26-18-11-9-16(10-12-18)24-20-19-4-2-1-3-14(19)13-23-27-20/h1-13H,(H,24,27)(H2,25,26,28). The summed E-state index contributed by atoms with van der Waals surface area (Å²) in [7, 11) is 0. The molecule has 3 N–H and O–H groups in total. The van der Waals surface area contributed by atoms with E-state index in [1.54, 1.807) is 30.5 Å². The van der Waals surface area contributed by atoms with Crippen molar-refractivity contribution in [3.05, 3.63) is 84.0 Å². The third-order valence-electron chi connectivity index (χ3n) is 4.08. The van der Waals surface area contributed by atoms with Crippen LogP contribution in [0.5, 0.6) is 0 Å². The molecule has 0 radical (unpaired) electrons. The average molecular weight is 390 g/mol. The van der Waals surface area contributed by atoms with Gasteiger partial charge in [-0.2, -0.15) is 5.10 Å². The number of aromatic nitrogens is 2. The summed E-state index contributed by atoms with van der Waals surface area (Å²) in [6.07, 6.45) is 1.73. The summed E-state index contributed by atoms with van der Waals surface area (Å²) >= 11 is 5.84. The number of benzene rings is 3. The van der Waals surface area contributed by atoms with E-state index < -0.39 is 0 Å². The molecule has 7 heteroatoms. The van der Waals surface area contributed by atoms with E-state index in [0.717, 1.165) is 16.5 Å². The molecule has 4 rings (SSSR count). The van der Waals surface area contributed by atoms with Gasteiger partial charge in [-0.1, -0.05) is 35.9 Å². The van der Waals surface area contributed by atoms with Gasteiger partial charge in [0.25, 0.3) is 0 Å². The minimum atomic E-state index is -0.331. The van der Waals surface area contributed by atoms with Crippen molar-refractivity contribution in [3.8, 4) is 0 Å². The highest BCUT2D eigenvalue weighted by molar-refractivity contribution is 6.30. The van der Waals surface area contributed by atoms with Gasteiger partial charge in [-0.15, -0.1) is 5.10 Å². The molecule has 0 bridgehead atoms. The number of hydrogen-bond acceptors (Lipinski definition) is 4. The Morgan fingerprint density at radius 2 is 1.39 bits per heavy atom. The molecule has 0 aliphatic heterocycles. The first kappa shape index (κ1) is 17.8. The van der Waals surface area contributed by atoms with Gasteiger partial charge in [-0.3, -0.25) is 0 Å². The van der Waals surface area contributed by atoms with Gasteiger partial charge in [0.05, 0.1) is 6.20 Å². The van der Waals surface area contributed by atoms with Crippen molar-refractivity contribution >= 4 is 51.3 Å². The number of carbonyl (C=O) groups is 1. The number of nitrogens with zero attached hydrogens (tertiary/aromatic N) is 2. The van der Waals surface area contributed by atoms with Crippen LogP contribution in [0.2, 0.25) is 5.02 Å². The zero-order valence-corrected chi connectivity index (χ0v) is 15.4. The molecule has 0 spiro atoms.